The third kappa shape index (κ3) is 20.7. The minimum absolute atomic E-state index is 0.0386. The number of ketones is 3. The largest absolute Gasteiger partial charge is 0.508 e. The molecule has 10 nitrogen and oxygen atoms in total. The average molecular weight is 1040 g/mol. The molecule has 2 aliphatic carbocycles. The van der Waals surface area contributed by atoms with Crippen molar-refractivity contribution in [3.05, 3.63) is 119 Å². The predicted molar refractivity (Wildman–Crippen MR) is 307 cm³/mol. The van der Waals surface area contributed by atoms with Crippen molar-refractivity contribution in [2.45, 2.75) is 207 Å². The lowest BCUT2D eigenvalue weighted by molar-refractivity contribution is -0.534. The van der Waals surface area contributed by atoms with Crippen LogP contribution in [0.2, 0.25) is 0 Å². The van der Waals surface area contributed by atoms with Crippen LogP contribution in [0.3, 0.4) is 0 Å². The standard InChI is InChI=1S/C66H92N2O8/c1-5-9-13-17-19-25-37-53(35-23-15-11-7-3)49-75-61(71)47-67(45-51-31-27-21-28-32-51)55-39-41-57(59(69)43-55)63-65(73)64(66(63)74)58-42-40-56(44-60(58)70)68(46-52-33-29-22-30-34-52)48-62(72)76-50-54(36-24-16-12-8-4)38-26-20-18-14-10-6-2/h21-22,27-34,39-43,53-54,63H,5-20,23-26,35-38,44-50H2,1-4H3/p+1. The van der Waals surface area contributed by atoms with Gasteiger partial charge in [0, 0.05) is 41.1 Å². The first-order valence-corrected chi connectivity index (χ1v) is 29.7. The second-order valence-electron chi connectivity index (χ2n) is 21.7. The first-order chi connectivity index (χ1) is 37.1. The van der Waals surface area contributed by atoms with E-state index in [9.17, 15) is 29.1 Å². The van der Waals surface area contributed by atoms with Crippen LogP contribution >= 0.6 is 0 Å². The molecule has 3 aromatic rings. The zero-order chi connectivity index (χ0) is 54.3. The van der Waals surface area contributed by atoms with Crippen molar-refractivity contribution >= 4 is 40.7 Å². The first kappa shape index (κ1) is 61.2. The van der Waals surface area contributed by atoms with E-state index in [-0.39, 0.29) is 53.9 Å². The number of nitrogens with zero attached hydrogens (tertiary/aromatic N) is 2. The van der Waals surface area contributed by atoms with E-state index in [4.69, 9.17) is 9.47 Å². The van der Waals surface area contributed by atoms with E-state index in [1.165, 1.54) is 115 Å². The number of Topliss-reactive ketones (excluding diaryl/α,β-unsaturated/α-hetero) is 3. The van der Waals surface area contributed by atoms with E-state index in [1.54, 1.807) is 18.2 Å². The van der Waals surface area contributed by atoms with Crippen molar-refractivity contribution in [3.63, 3.8) is 0 Å². The molecule has 1 saturated carbocycles. The molecule has 1 N–H and O–H groups in total. The number of unbranched alkanes of at least 4 members (excludes halogenated alkanes) is 16. The van der Waals surface area contributed by atoms with E-state index in [1.807, 2.05) is 70.1 Å². The number of carbonyl (C=O) groups excluding carboxylic acids is 5. The molecule has 0 aromatic heterocycles. The lowest BCUT2D eigenvalue weighted by atomic mass is 9.69. The number of hydrogen-bond donors (Lipinski definition) is 1. The van der Waals surface area contributed by atoms with Gasteiger partial charge < -0.3 is 19.5 Å². The van der Waals surface area contributed by atoms with Crippen LogP contribution < -0.4 is 4.90 Å². The molecule has 0 radical (unpaired) electrons. The summed E-state index contributed by atoms with van der Waals surface area (Å²) in [4.78, 5) is 70.9. The molecule has 3 aromatic carbocycles. The number of anilines is 1. The average Bonchev–Trinajstić information content (AvgIpc) is 3.43. The number of benzene rings is 3. The van der Waals surface area contributed by atoms with Crippen molar-refractivity contribution in [2.24, 2.45) is 11.8 Å². The highest BCUT2D eigenvalue weighted by atomic mass is 16.5. The van der Waals surface area contributed by atoms with Gasteiger partial charge in [0.05, 0.1) is 25.2 Å². The number of phenols is 1. The zero-order valence-electron chi connectivity index (χ0n) is 47.0. The number of carbonyl (C=O) groups is 5. The molecule has 2 unspecified atom stereocenters. The maximum atomic E-state index is 14.0. The summed E-state index contributed by atoms with van der Waals surface area (Å²) in [6.07, 6.45) is 31.3. The SMILES string of the molecule is CCCCCCCCC(CCCCCC)COC(=O)CN(Cc1ccccc1)c1ccc(C2C(=O)C(=C3C=CC(=[N+](CC(=O)OCC(CCCCCC)CCCCCCCC)Cc4ccccc4)CC3=O)C2=O)c(O)c1. The minimum Gasteiger partial charge on any atom is -0.508 e. The van der Waals surface area contributed by atoms with Gasteiger partial charge in [0.15, 0.2) is 29.6 Å². The lowest BCUT2D eigenvalue weighted by Gasteiger charge is -2.30. The summed E-state index contributed by atoms with van der Waals surface area (Å²) in [7, 11) is 0. The van der Waals surface area contributed by atoms with Crippen LogP contribution in [0.25, 0.3) is 0 Å². The van der Waals surface area contributed by atoms with Crippen LogP contribution in [-0.2, 0) is 46.5 Å². The Morgan fingerprint density at radius 3 is 1.57 bits per heavy atom. The van der Waals surface area contributed by atoms with Crippen LogP contribution in [0.15, 0.2) is 102 Å². The summed E-state index contributed by atoms with van der Waals surface area (Å²) in [5, 5.41) is 11.5. The molecule has 0 spiro atoms. The number of ether oxygens (including phenoxy) is 2. The topological polar surface area (TPSA) is 130 Å². The van der Waals surface area contributed by atoms with E-state index in [2.05, 4.69) is 27.7 Å². The van der Waals surface area contributed by atoms with E-state index in [0.29, 0.717) is 49.5 Å². The van der Waals surface area contributed by atoms with Crippen LogP contribution in [0.5, 0.6) is 5.75 Å². The Labute approximate surface area is 456 Å². The Balaban J connectivity index is 1.27. The highest BCUT2D eigenvalue weighted by Crippen LogP contribution is 2.42. The summed E-state index contributed by atoms with van der Waals surface area (Å²) in [5.41, 5.74) is 3.07. The number of aromatic hydroxyl groups is 1. The normalized spacial score (nSPS) is 15.9. The van der Waals surface area contributed by atoms with Gasteiger partial charge in [-0.2, -0.15) is 0 Å². The summed E-state index contributed by atoms with van der Waals surface area (Å²) < 4.78 is 13.8. The highest BCUT2D eigenvalue weighted by Gasteiger charge is 2.49. The molecule has 76 heavy (non-hydrogen) atoms. The fourth-order valence-corrected chi connectivity index (χ4v) is 10.7. The van der Waals surface area contributed by atoms with Gasteiger partial charge in [0.2, 0.25) is 6.54 Å². The van der Waals surface area contributed by atoms with Gasteiger partial charge >= 0.3 is 11.9 Å². The van der Waals surface area contributed by atoms with Gasteiger partial charge in [0.25, 0.3) is 0 Å². The van der Waals surface area contributed by atoms with Gasteiger partial charge in [-0.25, -0.2) is 9.37 Å². The van der Waals surface area contributed by atoms with Crippen molar-refractivity contribution in [1.82, 2.24) is 0 Å². The van der Waals surface area contributed by atoms with Crippen LogP contribution in [0.1, 0.15) is 211 Å². The predicted octanol–water partition coefficient (Wildman–Crippen LogP) is 14.9. The monoisotopic (exact) mass is 1040 g/mol. The molecular weight excluding hydrogens is 949 g/mol. The molecule has 0 heterocycles. The van der Waals surface area contributed by atoms with Gasteiger partial charge in [-0.05, 0) is 55.2 Å². The Kier molecular flexibility index (Phi) is 28.1. The molecule has 414 valence electrons. The van der Waals surface area contributed by atoms with Crippen molar-refractivity contribution in [1.29, 1.82) is 0 Å². The Morgan fingerprint density at radius 1 is 0.592 bits per heavy atom. The van der Waals surface area contributed by atoms with Crippen molar-refractivity contribution in [2.75, 3.05) is 31.2 Å². The third-order valence-electron chi connectivity index (χ3n) is 15.4. The van der Waals surface area contributed by atoms with Gasteiger partial charge in [0.1, 0.15) is 18.2 Å². The summed E-state index contributed by atoms with van der Waals surface area (Å²) >= 11 is 0. The van der Waals surface area contributed by atoms with Crippen molar-refractivity contribution in [3.8, 4) is 5.75 Å². The van der Waals surface area contributed by atoms with Crippen molar-refractivity contribution < 1.29 is 43.1 Å². The Morgan fingerprint density at radius 2 is 1.07 bits per heavy atom. The third-order valence-corrected chi connectivity index (χ3v) is 15.4. The van der Waals surface area contributed by atoms with E-state index >= 15 is 0 Å². The number of rotatable bonds is 38. The van der Waals surface area contributed by atoms with Gasteiger partial charge in [-0.3, -0.25) is 19.2 Å². The Hall–Kier alpha value is -5.64. The molecule has 0 saturated heterocycles. The number of phenolic OH excluding ortho intramolecular Hbond substituents is 1. The molecule has 0 amide bonds. The summed E-state index contributed by atoms with van der Waals surface area (Å²) in [6, 6.07) is 24.3. The molecule has 5 rings (SSSR count). The molecule has 0 bridgehead atoms. The van der Waals surface area contributed by atoms with Gasteiger partial charge in [-0.1, -0.05) is 223 Å². The quantitative estimate of drug-likeness (QED) is 0.0149. The van der Waals surface area contributed by atoms with E-state index < -0.39 is 23.3 Å². The smallest absolute Gasteiger partial charge is 0.372 e. The second-order valence-corrected chi connectivity index (χ2v) is 21.7. The first-order valence-electron chi connectivity index (χ1n) is 29.7. The summed E-state index contributed by atoms with van der Waals surface area (Å²) in [6.45, 7) is 10.3. The lowest BCUT2D eigenvalue weighted by Crippen LogP contribution is -2.41. The molecule has 0 aliphatic heterocycles. The maximum Gasteiger partial charge on any atom is 0.372 e. The Bertz CT molecular complexity index is 2330. The number of esters is 2. The fraction of sp³-hybridized carbons (Fsp3) is 0.576. The molecule has 1 fully saturated rings. The number of allylic oxidation sites excluding steroid dienone is 4. The van der Waals surface area contributed by atoms with Gasteiger partial charge in [-0.15, -0.1) is 0 Å². The highest BCUT2D eigenvalue weighted by molar-refractivity contribution is 6.44. The minimum atomic E-state index is -1.27. The van der Waals surface area contributed by atoms with Crippen LogP contribution in [-0.4, -0.2) is 71.0 Å². The summed E-state index contributed by atoms with van der Waals surface area (Å²) in [5.74, 6) is -3.06. The molecular formula is C66H93N2O8+. The van der Waals surface area contributed by atoms with Crippen LogP contribution in [0, 0.1) is 11.8 Å². The zero-order valence-corrected chi connectivity index (χ0v) is 47.0. The molecule has 10 heteroatoms. The molecule has 2 atom stereocenters. The number of hydrogen-bond acceptors (Lipinski definition) is 9. The van der Waals surface area contributed by atoms with Crippen LogP contribution in [0.4, 0.5) is 5.69 Å². The second kappa shape index (κ2) is 34.9. The maximum absolute atomic E-state index is 14.0. The van der Waals surface area contributed by atoms with E-state index in [0.717, 1.165) is 62.5 Å². The molecule has 2 aliphatic rings. The fourth-order valence-electron chi connectivity index (χ4n) is 10.7.